The lowest BCUT2D eigenvalue weighted by atomic mass is 10.0. The van der Waals surface area contributed by atoms with Crippen molar-refractivity contribution in [1.82, 2.24) is 0 Å². The summed E-state index contributed by atoms with van der Waals surface area (Å²) in [4.78, 5) is 0. The van der Waals surface area contributed by atoms with Crippen LogP contribution in [0.1, 0.15) is 30.9 Å². The van der Waals surface area contributed by atoms with Crippen molar-refractivity contribution < 1.29 is 9.13 Å². The molecule has 2 aromatic carbocycles. The Kier molecular flexibility index (Phi) is 4.59. The Bertz CT molecular complexity index is 549. The zero-order chi connectivity index (χ0) is 13.8. The van der Waals surface area contributed by atoms with Gasteiger partial charge in [0.1, 0.15) is 5.75 Å². The van der Waals surface area contributed by atoms with Crippen LogP contribution in [0.5, 0.6) is 11.5 Å². The molecule has 0 heterocycles. The summed E-state index contributed by atoms with van der Waals surface area (Å²) >= 11 is 3.34. The van der Waals surface area contributed by atoms with Crippen LogP contribution >= 0.6 is 15.9 Å². The molecule has 0 aliphatic heterocycles. The van der Waals surface area contributed by atoms with E-state index in [-0.39, 0.29) is 11.6 Å². The molecule has 0 spiro atoms. The Morgan fingerprint density at radius 1 is 1.11 bits per heavy atom. The zero-order valence-electron chi connectivity index (χ0n) is 11.0. The normalized spacial score (nSPS) is 10.8. The first-order valence-electron chi connectivity index (χ1n) is 6.23. The smallest absolute Gasteiger partial charge is 0.167 e. The summed E-state index contributed by atoms with van der Waals surface area (Å²) < 4.78 is 19.4. The van der Waals surface area contributed by atoms with Crippen molar-refractivity contribution in [3.05, 3.63) is 59.4 Å². The van der Waals surface area contributed by atoms with Crippen LogP contribution in [0.3, 0.4) is 0 Å². The molecule has 1 nitrogen and oxygen atoms in total. The van der Waals surface area contributed by atoms with Crippen molar-refractivity contribution in [2.75, 3.05) is 0 Å². The summed E-state index contributed by atoms with van der Waals surface area (Å²) in [6, 6.07) is 12.7. The summed E-state index contributed by atoms with van der Waals surface area (Å²) in [7, 11) is 0. The van der Waals surface area contributed by atoms with Gasteiger partial charge in [-0.1, -0.05) is 54.0 Å². The van der Waals surface area contributed by atoms with E-state index >= 15 is 0 Å². The van der Waals surface area contributed by atoms with E-state index in [1.807, 2.05) is 30.3 Å². The molecular formula is C16H16BrFO. The molecule has 0 saturated carbocycles. The molecule has 0 aromatic heterocycles. The van der Waals surface area contributed by atoms with Gasteiger partial charge >= 0.3 is 0 Å². The standard InChI is InChI=1S/C16H16BrFO/c1-11(2)12-6-8-14(9-7-12)19-16-13(10-17)4-3-5-15(16)18/h3-9,11H,10H2,1-2H3. The highest BCUT2D eigenvalue weighted by molar-refractivity contribution is 9.08. The second-order valence-electron chi connectivity index (χ2n) is 4.69. The zero-order valence-corrected chi connectivity index (χ0v) is 12.6. The third-order valence-electron chi connectivity index (χ3n) is 2.96. The van der Waals surface area contributed by atoms with Crippen molar-refractivity contribution in [3.8, 4) is 11.5 Å². The first-order valence-corrected chi connectivity index (χ1v) is 7.35. The van der Waals surface area contributed by atoms with E-state index < -0.39 is 0 Å². The molecule has 0 atom stereocenters. The van der Waals surface area contributed by atoms with Gasteiger partial charge in [0.2, 0.25) is 0 Å². The van der Waals surface area contributed by atoms with Gasteiger partial charge in [0.25, 0.3) is 0 Å². The van der Waals surface area contributed by atoms with E-state index in [9.17, 15) is 4.39 Å². The largest absolute Gasteiger partial charge is 0.454 e. The van der Waals surface area contributed by atoms with Crippen LogP contribution in [0.2, 0.25) is 0 Å². The lowest BCUT2D eigenvalue weighted by Crippen LogP contribution is -1.94. The number of hydrogen-bond donors (Lipinski definition) is 0. The number of alkyl halides is 1. The summed E-state index contributed by atoms with van der Waals surface area (Å²) in [6.07, 6.45) is 0. The predicted octanol–water partition coefficient (Wildman–Crippen LogP) is 5.64. The molecule has 0 amide bonds. The van der Waals surface area contributed by atoms with Gasteiger partial charge in [-0.15, -0.1) is 0 Å². The van der Waals surface area contributed by atoms with Gasteiger partial charge in [-0.05, 0) is 29.7 Å². The van der Waals surface area contributed by atoms with Crippen molar-refractivity contribution in [1.29, 1.82) is 0 Å². The number of para-hydroxylation sites is 1. The monoisotopic (exact) mass is 322 g/mol. The second-order valence-corrected chi connectivity index (χ2v) is 5.25. The maximum Gasteiger partial charge on any atom is 0.167 e. The molecule has 100 valence electrons. The number of benzene rings is 2. The SMILES string of the molecule is CC(C)c1ccc(Oc2c(F)cccc2CBr)cc1. The topological polar surface area (TPSA) is 9.23 Å². The third-order valence-corrected chi connectivity index (χ3v) is 3.56. The molecule has 2 aromatic rings. The highest BCUT2D eigenvalue weighted by atomic mass is 79.9. The van der Waals surface area contributed by atoms with Gasteiger partial charge in [-0.25, -0.2) is 4.39 Å². The molecule has 0 unspecified atom stereocenters. The van der Waals surface area contributed by atoms with Gasteiger partial charge in [-0.3, -0.25) is 0 Å². The average Bonchev–Trinajstić information content (AvgIpc) is 2.41. The van der Waals surface area contributed by atoms with Crippen LogP contribution < -0.4 is 4.74 Å². The van der Waals surface area contributed by atoms with Gasteiger partial charge < -0.3 is 4.74 Å². The number of halogens is 2. The Morgan fingerprint density at radius 3 is 2.37 bits per heavy atom. The van der Waals surface area contributed by atoms with Crippen molar-refractivity contribution in [3.63, 3.8) is 0 Å². The minimum Gasteiger partial charge on any atom is -0.454 e. The summed E-state index contributed by atoms with van der Waals surface area (Å²) in [5, 5.41) is 0.560. The summed E-state index contributed by atoms with van der Waals surface area (Å²) in [5.74, 6) is 1.07. The molecule has 0 saturated heterocycles. The molecular weight excluding hydrogens is 307 g/mol. The lowest BCUT2D eigenvalue weighted by Gasteiger charge is -2.12. The Balaban J connectivity index is 2.26. The molecule has 0 fully saturated rings. The maximum atomic E-state index is 13.8. The average molecular weight is 323 g/mol. The van der Waals surface area contributed by atoms with Crippen LogP contribution in [0.25, 0.3) is 0 Å². The van der Waals surface area contributed by atoms with Crippen LogP contribution in [0.15, 0.2) is 42.5 Å². The number of ether oxygens (including phenoxy) is 1. The van der Waals surface area contributed by atoms with Crippen LogP contribution in [-0.2, 0) is 5.33 Å². The van der Waals surface area contributed by atoms with Crippen LogP contribution in [0.4, 0.5) is 4.39 Å². The molecule has 0 aliphatic rings. The molecule has 0 N–H and O–H groups in total. The fourth-order valence-electron chi connectivity index (χ4n) is 1.81. The first kappa shape index (κ1) is 14.1. The lowest BCUT2D eigenvalue weighted by molar-refractivity contribution is 0.438. The van der Waals surface area contributed by atoms with E-state index in [1.165, 1.54) is 11.6 Å². The maximum absolute atomic E-state index is 13.8. The van der Waals surface area contributed by atoms with Crippen molar-refractivity contribution in [2.24, 2.45) is 0 Å². The first-order chi connectivity index (χ1) is 9.11. The van der Waals surface area contributed by atoms with Crippen LogP contribution in [-0.4, -0.2) is 0 Å². The summed E-state index contributed by atoms with van der Waals surface area (Å²) in [6.45, 7) is 4.27. The van der Waals surface area contributed by atoms with Gasteiger partial charge in [0.15, 0.2) is 11.6 Å². The quantitative estimate of drug-likeness (QED) is 0.662. The van der Waals surface area contributed by atoms with Gasteiger partial charge in [0.05, 0.1) is 0 Å². The number of hydrogen-bond acceptors (Lipinski definition) is 1. The molecule has 0 radical (unpaired) electrons. The minimum absolute atomic E-state index is 0.289. The Morgan fingerprint density at radius 2 is 1.79 bits per heavy atom. The fourth-order valence-corrected chi connectivity index (χ4v) is 2.25. The predicted molar refractivity (Wildman–Crippen MR) is 79.6 cm³/mol. The van der Waals surface area contributed by atoms with E-state index in [1.54, 1.807) is 6.07 Å². The van der Waals surface area contributed by atoms with Crippen molar-refractivity contribution >= 4 is 15.9 Å². The highest BCUT2D eigenvalue weighted by Crippen LogP contribution is 2.30. The van der Waals surface area contributed by atoms with Crippen LogP contribution in [0, 0.1) is 5.82 Å². The van der Waals surface area contributed by atoms with E-state index in [2.05, 4.69) is 29.8 Å². The summed E-state index contributed by atoms with van der Waals surface area (Å²) in [5.41, 5.74) is 2.04. The number of rotatable bonds is 4. The molecule has 2 rings (SSSR count). The van der Waals surface area contributed by atoms with E-state index in [4.69, 9.17) is 4.74 Å². The minimum atomic E-state index is -0.343. The molecule has 0 bridgehead atoms. The third kappa shape index (κ3) is 3.35. The Labute approximate surface area is 121 Å². The van der Waals surface area contributed by atoms with Crippen molar-refractivity contribution in [2.45, 2.75) is 25.1 Å². The van der Waals surface area contributed by atoms with E-state index in [0.29, 0.717) is 17.0 Å². The molecule has 3 heteroatoms. The van der Waals surface area contributed by atoms with Gasteiger partial charge in [0, 0.05) is 10.9 Å². The fraction of sp³-hybridized carbons (Fsp3) is 0.250. The van der Waals surface area contributed by atoms with Gasteiger partial charge in [-0.2, -0.15) is 0 Å². The van der Waals surface area contributed by atoms with E-state index in [0.717, 1.165) is 5.56 Å². The molecule has 19 heavy (non-hydrogen) atoms. The second kappa shape index (κ2) is 6.20. The highest BCUT2D eigenvalue weighted by Gasteiger charge is 2.10. The Hall–Kier alpha value is -1.35. The molecule has 0 aliphatic carbocycles.